The van der Waals surface area contributed by atoms with Crippen molar-refractivity contribution >= 4 is 17.5 Å². The monoisotopic (exact) mass is 415 g/mol. The average molecular weight is 415 g/mol. The first-order chi connectivity index (χ1) is 14.1. The zero-order chi connectivity index (χ0) is 20.2. The van der Waals surface area contributed by atoms with E-state index in [1.165, 1.54) is 48.2 Å². The third-order valence-electron chi connectivity index (χ3n) is 4.73. The van der Waals surface area contributed by atoms with Gasteiger partial charge in [-0.15, -0.1) is 10.2 Å². The van der Waals surface area contributed by atoms with Crippen molar-refractivity contribution in [3.8, 4) is 11.4 Å². The number of carbonyl (C=O) groups excluding carboxylic acids is 1. The molecule has 0 amide bonds. The van der Waals surface area contributed by atoms with E-state index in [2.05, 4.69) is 10.2 Å². The summed E-state index contributed by atoms with van der Waals surface area (Å²) >= 11 is 1.27. The van der Waals surface area contributed by atoms with Gasteiger partial charge in [0.15, 0.2) is 16.8 Å². The molecule has 0 aliphatic carbocycles. The third kappa shape index (κ3) is 4.71. The molecule has 3 aromatic rings. The molecule has 1 aliphatic heterocycles. The number of hydrogen-bond acceptors (Lipinski definition) is 5. The number of thioether (sulfide) groups is 1. The molecule has 1 fully saturated rings. The van der Waals surface area contributed by atoms with Crippen LogP contribution in [0, 0.1) is 11.6 Å². The Morgan fingerprint density at radius 1 is 1.07 bits per heavy atom. The zero-order valence-corrected chi connectivity index (χ0v) is 16.4. The predicted octanol–water partition coefficient (Wildman–Crippen LogP) is 4.38. The maximum absolute atomic E-state index is 13.3. The highest BCUT2D eigenvalue weighted by molar-refractivity contribution is 7.99. The summed E-state index contributed by atoms with van der Waals surface area (Å²) in [6.45, 7) is 1.29. The van der Waals surface area contributed by atoms with Gasteiger partial charge in [0.25, 0.3) is 0 Å². The minimum absolute atomic E-state index is 0.0531. The van der Waals surface area contributed by atoms with Crippen molar-refractivity contribution in [3.05, 3.63) is 65.7 Å². The van der Waals surface area contributed by atoms with Crippen LogP contribution in [0.1, 0.15) is 23.2 Å². The van der Waals surface area contributed by atoms with Gasteiger partial charge in [-0.05, 0) is 61.4 Å². The van der Waals surface area contributed by atoms with Crippen molar-refractivity contribution in [2.45, 2.75) is 30.6 Å². The van der Waals surface area contributed by atoms with Gasteiger partial charge in [-0.3, -0.25) is 9.36 Å². The molecule has 0 spiro atoms. The molecule has 0 radical (unpaired) electrons. The van der Waals surface area contributed by atoms with Crippen molar-refractivity contribution < 1.29 is 18.3 Å². The average Bonchev–Trinajstić information content (AvgIpc) is 3.38. The largest absolute Gasteiger partial charge is 0.376 e. The fourth-order valence-electron chi connectivity index (χ4n) is 3.21. The normalized spacial score (nSPS) is 16.3. The molecule has 0 unspecified atom stereocenters. The number of Topliss-reactive ketones (excluding diaryl/α,β-unsaturated/α-hetero) is 1. The number of nitrogens with zero attached hydrogens (tertiary/aromatic N) is 3. The van der Waals surface area contributed by atoms with Crippen molar-refractivity contribution in [1.29, 1.82) is 0 Å². The van der Waals surface area contributed by atoms with E-state index < -0.39 is 0 Å². The Bertz CT molecular complexity index is 984. The van der Waals surface area contributed by atoms with E-state index in [0.29, 0.717) is 23.1 Å². The Balaban J connectivity index is 1.55. The molecule has 8 heteroatoms. The van der Waals surface area contributed by atoms with Gasteiger partial charge in [0, 0.05) is 17.7 Å². The number of halogens is 2. The van der Waals surface area contributed by atoms with E-state index in [0.717, 1.165) is 25.0 Å². The van der Waals surface area contributed by atoms with Crippen LogP contribution in [0.2, 0.25) is 0 Å². The summed E-state index contributed by atoms with van der Waals surface area (Å²) in [4.78, 5) is 12.4. The smallest absolute Gasteiger partial charge is 0.192 e. The third-order valence-corrected chi connectivity index (χ3v) is 5.69. The second-order valence-corrected chi connectivity index (χ2v) is 7.72. The van der Waals surface area contributed by atoms with Gasteiger partial charge < -0.3 is 4.74 Å². The van der Waals surface area contributed by atoms with Crippen molar-refractivity contribution in [3.63, 3.8) is 0 Å². The van der Waals surface area contributed by atoms with Crippen LogP contribution < -0.4 is 0 Å². The highest BCUT2D eigenvalue weighted by Gasteiger charge is 2.22. The van der Waals surface area contributed by atoms with E-state index in [1.54, 1.807) is 12.1 Å². The Labute approximate surface area is 171 Å². The lowest BCUT2D eigenvalue weighted by molar-refractivity contribution is 0.0953. The molecule has 2 aromatic carbocycles. The van der Waals surface area contributed by atoms with Crippen LogP contribution in [0.15, 0.2) is 53.7 Å². The summed E-state index contributed by atoms with van der Waals surface area (Å²) in [6, 6.07) is 11.6. The first-order valence-corrected chi connectivity index (χ1v) is 10.3. The summed E-state index contributed by atoms with van der Waals surface area (Å²) in [5.74, 6) is -0.0614. The molecule has 0 N–H and O–H groups in total. The molecular formula is C21H19F2N3O2S. The highest BCUT2D eigenvalue weighted by atomic mass is 32.2. The molecule has 4 rings (SSSR count). The molecule has 0 bridgehead atoms. The van der Waals surface area contributed by atoms with Gasteiger partial charge in [0.1, 0.15) is 11.6 Å². The van der Waals surface area contributed by atoms with Crippen LogP contribution in [0.3, 0.4) is 0 Å². The molecule has 2 heterocycles. The molecule has 0 saturated carbocycles. The number of hydrogen-bond donors (Lipinski definition) is 0. The highest BCUT2D eigenvalue weighted by Crippen LogP contribution is 2.27. The van der Waals surface area contributed by atoms with Gasteiger partial charge in [-0.25, -0.2) is 8.78 Å². The summed E-state index contributed by atoms with van der Waals surface area (Å²) in [5.41, 5.74) is 1.19. The van der Waals surface area contributed by atoms with Crippen LogP contribution in [-0.4, -0.2) is 39.0 Å². The van der Waals surface area contributed by atoms with Crippen LogP contribution in [0.4, 0.5) is 8.78 Å². The standard InChI is InChI=1S/C21H19F2N3O2S/c22-16-7-3-14(4-8-16)19(27)13-29-21-25-24-20(15-5-9-17(23)10-6-15)26(21)12-18-2-1-11-28-18/h3-10,18H,1-2,11-13H2/t18-/m0/s1. The fourth-order valence-corrected chi connectivity index (χ4v) is 4.06. The Kier molecular flexibility index (Phi) is 6.01. The van der Waals surface area contributed by atoms with E-state index >= 15 is 0 Å². The molecule has 150 valence electrons. The van der Waals surface area contributed by atoms with Crippen LogP contribution in [0.5, 0.6) is 0 Å². The number of ether oxygens (including phenoxy) is 1. The van der Waals surface area contributed by atoms with E-state index in [1.807, 2.05) is 4.57 Å². The summed E-state index contributed by atoms with van der Waals surface area (Å²) in [5, 5.41) is 9.12. The van der Waals surface area contributed by atoms with Crippen molar-refractivity contribution in [1.82, 2.24) is 14.8 Å². The maximum Gasteiger partial charge on any atom is 0.192 e. The number of aromatic nitrogens is 3. The number of ketones is 1. The molecule has 1 atom stereocenters. The van der Waals surface area contributed by atoms with Gasteiger partial charge in [-0.1, -0.05) is 11.8 Å². The summed E-state index contributed by atoms with van der Waals surface area (Å²) in [6.07, 6.45) is 2.00. The lowest BCUT2D eigenvalue weighted by atomic mass is 10.1. The van der Waals surface area contributed by atoms with E-state index in [9.17, 15) is 13.6 Å². The minimum Gasteiger partial charge on any atom is -0.376 e. The second kappa shape index (κ2) is 8.84. The lowest BCUT2D eigenvalue weighted by Gasteiger charge is -2.14. The summed E-state index contributed by atoms with van der Waals surface area (Å²) in [7, 11) is 0. The number of benzene rings is 2. The molecule has 5 nitrogen and oxygen atoms in total. The van der Waals surface area contributed by atoms with Gasteiger partial charge >= 0.3 is 0 Å². The fraction of sp³-hybridized carbons (Fsp3) is 0.286. The van der Waals surface area contributed by atoms with Gasteiger partial charge in [0.05, 0.1) is 18.4 Å². The van der Waals surface area contributed by atoms with Gasteiger partial charge in [0.2, 0.25) is 0 Å². The molecule has 29 heavy (non-hydrogen) atoms. The van der Waals surface area contributed by atoms with Crippen molar-refractivity contribution in [2.75, 3.05) is 12.4 Å². The minimum atomic E-state index is -0.380. The molecular weight excluding hydrogens is 396 g/mol. The van der Waals surface area contributed by atoms with Crippen molar-refractivity contribution in [2.24, 2.45) is 0 Å². The van der Waals surface area contributed by atoms with E-state index in [-0.39, 0.29) is 29.3 Å². The maximum atomic E-state index is 13.3. The first-order valence-electron chi connectivity index (χ1n) is 9.32. The quantitative estimate of drug-likeness (QED) is 0.424. The Morgan fingerprint density at radius 3 is 2.41 bits per heavy atom. The Hall–Kier alpha value is -2.58. The number of rotatable bonds is 7. The molecule has 1 aromatic heterocycles. The first kappa shape index (κ1) is 19.7. The van der Waals surface area contributed by atoms with E-state index in [4.69, 9.17) is 4.74 Å². The topological polar surface area (TPSA) is 57.0 Å². The van der Waals surface area contributed by atoms with Crippen LogP contribution >= 0.6 is 11.8 Å². The summed E-state index contributed by atoms with van der Waals surface area (Å²) < 4.78 is 34.0. The predicted molar refractivity (Wildman–Crippen MR) is 106 cm³/mol. The lowest BCUT2D eigenvalue weighted by Crippen LogP contribution is -2.17. The van der Waals surface area contributed by atoms with Crippen LogP contribution in [-0.2, 0) is 11.3 Å². The SMILES string of the molecule is O=C(CSc1nnc(-c2ccc(F)cc2)n1C[C@@H]1CCCO1)c1ccc(F)cc1. The Morgan fingerprint density at radius 2 is 1.76 bits per heavy atom. The molecule has 1 saturated heterocycles. The van der Waals surface area contributed by atoms with Crippen LogP contribution in [0.25, 0.3) is 11.4 Å². The second-order valence-electron chi connectivity index (χ2n) is 6.78. The molecule has 1 aliphatic rings. The number of carbonyl (C=O) groups is 1. The zero-order valence-electron chi connectivity index (χ0n) is 15.6. The van der Waals surface area contributed by atoms with Gasteiger partial charge in [-0.2, -0.15) is 0 Å².